The number of nitrogens with zero attached hydrogens (tertiary/aromatic N) is 3. The molecule has 0 saturated carbocycles. The van der Waals surface area contributed by atoms with Crippen molar-refractivity contribution in [2.75, 3.05) is 16.3 Å². The molecule has 0 amide bonds. The van der Waals surface area contributed by atoms with Gasteiger partial charge >= 0.3 is 0 Å². The van der Waals surface area contributed by atoms with Crippen LogP contribution in [0, 0.1) is 11.3 Å². The second-order valence-electron chi connectivity index (χ2n) is 12.0. The maximum atomic E-state index is 9.58. The van der Waals surface area contributed by atoms with E-state index in [1.165, 1.54) is 49.3 Å². The average Bonchev–Trinajstić information content (AvgIpc) is 3.56. The Morgan fingerprint density at radius 1 is 0.543 bits per heavy atom. The molecule has 1 aliphatic rings. The Hall–Kier alpha value is -6.11. The van der Waals surface area contributed by atoms with E-state index in [-0.39, 0.29) is 0 Å². The molecule has 0 unspecified atom stereocenters. The first-order chi connectivity index (χ1) is 22.8. The van der Waals surface area contributed by atoms with Gasteiger partial charge < -0.3 is 9.80 Å². The summed E-state index contributed by atoms with van der Waals surface area (Å²) in [6.07, 6.45) is 1.06. The molecule has 0 atom stereocenters. The second kappa shape index (κ2) is 10.5. The summed E-state index contributed by atoms with van der Waals surface area (Å²) in [6, 6.07) is 56.4. The first-order valence-electron chi connectivity index (χ1n) is 15.8. The van der Waals surface area contributed by atoms with Crippen LogP contribution in [-0.2, 0) is 6.42 Å². The quantitative estimate of drug-likeness (QED) is 0.188. The normalized spacial score (nSPS) is 12.5. The largest absolute Gasteiger partial charge is 0.340 e. The van der Waals surface area contributed by atoms with E-state index in [9.17, 15) is 5.26 Å². The van der Waals surface area contributed by atoms with Gasteiger partial charge in [0, 0.05) is 39.9 Å². The van der Waals surface area contributed by atoms with Crippen LogP contribution in [0.1, 0.15) is 11.1 Å². The standard InChI is InChI=1S/C43H29N3/c44-28-29-14-20-34(21-15-29)46(40-13-7-5-11-35(40)30-8-2-1-3-9-30)41-25-19-33-16-22-36-39(45-27-26-31-10-4-6-12-38(31)45)24-18-32-17-23-37(41)43(33)42(32)36/h1-25H,26-27H2. The highest BCUT2D eigenvalue weighted by Gasteiger charge is 2.24. The molecule has 1 aliphatic heterocycles. The highest BCUT2D eigenvalue weighted by Crippen LogP contribution is 2.48. The molecule has 9 rings (SSSR count). The summed E-state index contributed by atoms with van der Waals surface area (Å²) in [5.41, 5.74) is 10.1. The molecule has 0 aliphatic carbocycles. The Bertz CT molecular complexity index is 2440. The summed E-state index contributed by atoms with van der Waals surface area (Å²) in [7, 11) is 0. The van der Waals surface area contributed by atoms with Gasteiger partial charge in [-0.25, -0.2) is 0 Å². The van der Waals surface area contributed by atoms with E-state index in [4.69, 9.17) is 0 Å². The summed E-state index contributed by atoms with van der Waals surface area (Å²) in [6.45, 7) is 0.983. The average molecular weight is 588 g/mol. The third-order valence-electron chi connectivity index (χ3n) is 9.52. The molecule has 0 spiro atoms. The van der Waals surface area contributed by atoms with Crippen molar-refractivity contribution in [3.63, 3.8) is 0 Å². The fourth-order valence-electron chi connectivity index (χ4n) is 7.41. The molecule has 3 nitrogen and oxygen atoms in total. The summed E-state index contributed by atoms with van der Waals surface area (Å²) < 4.78 is 0. The van der Waals surface area contributed by atoms with Gasteiger partial charge in [-0.15, -0.1) is 0 Å². The Kier molecular flexibility index (Phi) is 6.01. The third kappa shape index (κ3) is 4.05. The molecule has 3 heteroatoms. The fraction of sp³-hybridized carbons (Fsp3) is 0.0465. The van der Waals surface area contributed by atoms with E-state index in [0.29, 0.717) is 5.56 Å². The lowest BCUT2D eigenvalue weighted by atomic mass is 9.91. The monoisotopic (exact) mass is 587 g/mol. The first kappa shape index (κ1) is 26.3. The van der Waals surface area contributed by atoms with Gasteiger partial charge in [-0.05, 0) is 87.6 Å². The fourth-order valence-corrected chi connectivity index (χ4v) is 7.41. The Morgan fingerprint density at radius 2 is 1.22 bits per heavy atom. The number of hydrogen-bond acceptors (Lipinski definition) is 3. The lowest BCUT2D eigenvalue weighted by Crippen LogP contribution is -2.14. The zero-order chi connectivity index (χ0) is 30.6. The van der Waals surface area contributed by atoms with Crippen LogP contribution in [0.5, 0.6) is 0 Å². The Balaban J connectivity index is 1.31. The molecule has 0 aromatic heterocycles. The maximum Gasteiger partial charge on any atom is 0.0991 e. The van der Waals surface area contributed by atoms with E-state index in [2.05, 4.69) is 155 Å². The van der Waals surface area contributed by atoms with E-state index < -0.39 is 0 Å². The van der Waals surface area contributed by atoms with Gasteiger partial charge in [0.25, 0.3) is 0 Å². The van der Waals surface area contributed by atoms with Crippen molar-refractivity contribution in [1.29, 1.82) is 5.26 Å². The number of anilines is 5. The van der Waals surface area contributed by atoms with E-state index in [1.54, 1.807) is 0 Å². The number of fused-ring (bicyclic) bond motifs is 1. The predicted octanol–water partition coefficient (Wildman–Crippen LogP) is 11.3. The van der Waals surface area contributed by atoms with Crippen molar-refractivity contribution in [3.05, 3.63) is 163 Å². The highest BCUT2D eigenvalue weighted by atomic mass is 15.2. The van der Waals surface area contributed by atoms with Crippen molar-refractivity contribution in [2.45, 2.75) is 6.42 Å². The minimum absolute atomic E-state index is 0.645. The number of benzene rings is 8. The van der Waals surface area contributed by atoms with Crippen molar-refractivity contribution in [2.24, 2.45) is 0 Å². The van der Waals surface area contributed by atoms with Gasteiger partial charge in [0.15, 0.2) is 0 Å². The Labute approximate surface area is 268 Å². The van der Waals surface area contributed by atoms with Crippen LogP contribution >= 0.6 is 0 Å². The van der Waals surface area contributed by atoms with Gasteiger partial charge in [0.1, 0.15) is 0 Å². The van der Waals surface area contributed by atoms with Crippen LogP contribution in [0.3, 0.4) is 0 Å². The van der Waals surface area contributed by atoms with Crippen molar-refractivity contribution in [3.8, 4) is 17.2 Å². The molecule has 1 heterocycles. The van der Waals surface area contributed by atoms with E-state index in [0.717, 1.165) is 41.2 Å². The summed E-state index contributed by atoms with van der Waals surface area (Å²) in [4.78, 5) is 4.84. The second-order valence-corrected chi connectivity index (χ2v) is 12.0. The smallest absolute Gasteiger partial charge is 0.0991 e. The van der Waals surface area contributed by atoms with E-state index in [1.807, 2.05) is 12.1 Å². The lowest BCUT2D eigenvalue weighted by Gasteiger charge is -2.30. The van der Waals surface area contributed by atoms with Crippen LogP contribution in [0.25, 0.3) is 43.4 Å². The molecule has 0 N–H and O–H groups in total. The zero-order valence-electron chi connectivity index (χ0n) is 25.2. The van der Waals surface area contributed by atoms with Gasteiger partial charge in [-0.1, -0.05) is 103 Å². The van der Waals surface area contributed by atoms with Gasteiger partial charge in [0.05, 0.1) is 23.0 Å². The van der Waals surface area contributed by atoms with Crippen LogP contribution in [0.4, 0.5) is 28.4 Å². The number of hydrogen-bond donors (Lipinski definition) is 0. The predicted molar refractivity (Wildman–Crippen MR) is 192 cm³/mol. The van der Waals surface area contributed by atoms with Crippen LogP contribution in [0.15, 0.2) is 152 Å². The molecule has 0 radical (unpaired) electrons. The molecular weight excluding hydrogens is 558 g/mol. The number of nitriles is 1. The minimum atomic E-state index is 0.645. The SMILES string of the molecule is N#Cc1ccc(N(c2ccccc2-c2ccccc2)c2ccc3ccc4c(N5CCc6ccccc65)ccc5ccc2c3c54)cc1. The topological polar surface area (TPSA) is 30.3 Å². The van der Waals surface area contributed by atoms with Crippen LogP contribution < -0.4 is 9.80 Å². The van der Waals surface area contributed by atoms with Crippen LogP contribution in [-0.4, -0.2) is 6.54 Å². The number of para-hydroxylation sites is 2. The number of rotatable bonds is 5. The van der Waals surface area contributed by atoms with Crippen molar-refractivity contribution in [1.82, 2.24) is 0 Å². The molecule has 46 heavy (non-hydrogen) atoms. The molecule has 0 bridgehead atoms. The lowest BCUT2D eigenvalue weighted by molar-refractivity contribution is 1.00. The summed E-state index contributed by atoms with van der Waals surface area (Å²) in [5, 5.41) is 17.1. The van der Waals surface area contributed by atoms with Crippen LogP contribution in [0.2, 0.25) is 0 Å². The maximum absolute atomic E-state index is 9.58. The third-order valence-corrected chi connectivity index (χ3v) is 9.52. The summed E-state index contributed by atoms with van der Waals surface area (Å²) in [5.74, 6) is 0. The molecule has 8 aromatic rings. The molecule has 0 fully saturated rings. The van der Waals surface area contributed by atoms with Gasteiger partial charge in [-0.2, -0.15) is 5.26 Å². The van der Waals surface area contributed by atoms with E-state index >= 15 is 0 Å². The highest BCUT2D eigenvalue weighted by molar-refractivity contribution is 6.28. The molecule has 8 aromatic carbocycles. The summed E-state index contributed by atoms with van der Waals surface area (Å²) >= 11 is 0. The van der Waals surface area contributed by atoms with Crippen molar-refractivity contribution >= 4 is 60.8 Å². The minimum Gasteiger partial charge on any atom is -0.340 e. The first-order valence-corrected chi connectivity index (χ1v) is 15.8. The Morgan fingerprint density at radius 3 is 2.04 bits per heavy atom. The van der Waals surface area contributed by atoms with Gasteiger partial charge in [-0.3, -0.25) is 0 Å². The molecule has 0 saturated heterocycles. The van der Waals surface area contributed by atoms with Crippen molar-refractivity contribution < 1.29 is 0 Å². The molecular formula is C43H29N3. The zero-order valence-corrected chi connectivity index (χ0v) is 25.2. The van der Waals surface area contributed by atoms with Gasteiger partial charge in [0.2, 0.25) is 0 Å². The molecule has 216 valence electrons.